The van der Waals surface area contributed by atoms with Gasteiger partial charge >= 0.3 is 0 Å². The van der Waals surface area contributed by atoms with Crippen molar-refractivity contribution in [2.24, 2.45) is 5.10 Å². The normalized spacial score (nSPS) is 10.8. The number of nitrogens with two attached hydrogens (primary N) is 1. The van der Waals surface area contributed by atoms with E-state index in [2.05, 4.69) is 25.5 Å². The molecular formula is C10H7Cl2N5O2. The molecule has 3 N–H and O–H groups in total. The Bertz CT molecular complexity index is 620. The van der Waals surface area contributed by atoms with E-state index in [0.29, 0.717) is 15.6 Å². The van der Waals surface area contributed by atoms with Crippen molar-refractivity contribution in [2.45, 2.75) is 0 Å². The number of carbonyl (C=O) groups excluding carboxylic acids is 1. The number of carbonyl (C=O) groups is 1. The lowest BCUT2D eigenvalue weighted by atomic mass is 10.2. The molecule has 2 rings (SSSR count). The average Bonchev–Trinajstić information content (AvgIpc) is 2.79. The predicted octanol–water partition coefficient (Wildman–Crippen LogP) is 1.72. The van der Waals surface area contributed by atoms with Crippen LogP contribution in [0.15, 0.2) is 27.9 Å². The van der Waals surface area contributed by atoms with E-state index in [1.54, 1.807) is 18.2 Å². The Morgan fingerprint density at radius 3 is 2.63 bits per heavy atom. The zero-order valence-corrected chi connectivity index (χ0v) is 10.8. The summed E-state index contributed by atoms with van der Waals surface area (Å²) in [5.74, 6) is -0.776. The zero-order chi connectivity index (χ0) is 13.8. The molecule has 0 saturated heterocycles. The van der Waals surface area contributed by atoms with Crippen LogP contribution in [0.4, 0.5) is 5.82 Å². The molecule has 0 radical (unpaired) electrons. The number of benzene rings is 1. The van der Waals surface area contributed by atoms with E-state index in [0.717, 1.165) is 0 Å². The molecule has 2 aromatic rings. The second-order valence-electron chi connectivity index (χ2n) is 3.33. The molecule has 7 nitrogen and oxygen atoms in total. The number of nitrogen functional groups attached to an aromatic ring is 1. The minimum absolute atomic E-state index is 0.122. The quantitative estimate of drug-likeness (QED) is 0.663. The SMILES string of the molecule is Nc1nonc1C(=O)NN=Cc1c(Cl)cccc1Cl. The Morgan fingerprint density at radius 2 is 2.05 bits per heavy atom. The highest BCUT2D eigenvalue weighted by molar-refractivity contribution is 6.38. The molecule has 1 heterocycles. The van der Waals surface area contributed by atoms with Gasteiger partial charge in [0.1, 0.15) is 0 Å². The Morgan fingerprint density at radius 1 is 1.37 bits per heavy atom. The summed E-state index contributed by atoms with van der Waals surface area (Å²) in [6, 6.07) is 4.99. The fraction of sp³-hybridized carbons (Fsp3) is 0. The molecular weight excluding hydrogens is 293 g/mol. The Balaban J connectivity index is 2.09. The summed E-state index contributed by atoms with van der Waals surface area (Å²) >= 11 is 11.8. The van der Waals surface area contributed by atoms with E-state index in [1.165, 1.54) is 6.21 Å². The molecule has 9 heteroatoms. The molecule has 19 heavy (non-hydrogen) atoms. The third kappa shape index (κ3) is 3.01. The summed E-state index contributed by atoms with van der Waals surface area (Å²) in [5.41, 5.74) is 7.88. The average molecular weight is 300 g/mol. The topological polar surface area (TPSA) is 106 Å². The van der Waals surface area contributed by atoms with Crippen molar-refractivity contribution in [3.05, 3.63) is 39.5 Å². The number of nitrogens with zero attached hydrogens (tertiary/aromatic N) is 3. The second-order valence-corrected chi connectivity index (χ2v) is 4.15. The van der Waals surface area contributed by atoms with Crippen LogP contribution >= 0.6 is 23.2 Å². The van der Waals surface area contributed by atoms with Crippen molar-refractivity contribution >= 4 is 41.1 Å². The van der Waals surface area contributed by atoms with Crippen molar-refractivity contribution in [1.29, 1.82) is 0 Å². The van der Waals surface area contributed by atoms with Crippen LogP contribution in [0.1, 0.15) is 16.1 Å². The highest BCUT2D eigenvalue weighted by atomic mass is 35.5. The maximum absolute atomic E-state index is 11.6. The molecule has 0 saturated carbocycles. The molecule has 0 atom stereocenters. The summed E-state index contributed by atoms with van der Waals surface area (Å²) in [6.07, 6.45) is 1.31. The minimum atomic E-state index is -0.654. The fourth-order valence-electron chi connectivity index (χ4n) is 1.20. The van der Waals surface area contributed by atoms with Gasteiger partial charge in [0.2, 0.25) is 11.5 Å². The highest BCUT2D eigenvalue weighted by Crippen LogP contribution is 2.21. The summed E-state index contributed by atoms with van der Waals surface area (Å²) in [4.78, 5) is 11.6. The molecule has 1 aromatic heterocycles. The summed E-state index contributed by atoms with van der Waals surface area (Å²) < 4.78 is 4.29. The third-order valence-corrected chi connectivity index (χ3v) is 2.75. The first kappa shape index (κ1) is 13.3. The minimum Gasteiger partial charge on any atom is -0.379 e. The number of amides is 1. The Hall–Kier alpha value is -2.12. The van der Waals surface area contributed by atoms with Gasteiger partial charge in [-0.3, -0.25) is 4.79 Å². The Labute approximate surface area is 117 Å². The van der Waals surface area contributed by atoms with E-state index in [4.69, 9.17) is 28.9 Å². The van der Waals surface area contributed by atoms with Crippen molar-refractivity contribution < 1.29 is 9.42 Å². The smallest absolute Gasteiger partial charge is 0.297 e. The molecule has 0 aliphatic carbocycles. The highest BCUT2D eigenvalue weighted by Gasteiger charge is 2.14. The number of hydrazone groups is 1. The molecule has 0 spiro atoms. The van der Waals surface area contributed by atoms with Crippen LogP contribution in [0.3, 0.4) is 0 Å². The largest absolute Gasteiger partial charge is 0.379 e. The number of anilines is 1. The fourth-order valence-corrected chi connectivity index (χ4v) is 1.69. The number of hydrogen-bond acceptors (Lipinski definition) is 6. The van der Waals surface area contributed by atoms with Crippen molar-refractivity contribution in [3.8, 4) is 0 Å². The van der Waals surface area contributed by atoms with Gasteiger partial charge in [-0.05, 0) is 22.4 Å². The second kappa shape index (κ2) is 5.68. The molecule has 98 valence electrons. The van der Waals surface area contributed by atoms with Gasteiger partial charge in [-0.1, -0.05) is 29.3 Å². The van der Waals surface area contributed by atoms with Gasteiger partial charge < -0.3 is 5.73 Å². The number of hydrogen-bond donors (Lipinski definition) is 2. The number of nitrogens with one attached hydrogen (secondary N) is 1. The molecule has 0 unspecified atom stereocenters. The number of rotatable bonds is 3. The zero-order valence-electron chi connectivity index (χ0n) is 9.30. The first-order valence-electron chi connectivity index (χ1n) is 4.95. The summed E-state index contributed by atoms with van der Waals surface area (Å²) in [7, 11) is 0. The van der Waals surface area contributed by atoms with Gasteiger partial charge in [-0.2, -0.15) is 5.10 Å². The number of halogens is 2. The monoisotopic (exact) mass is 299 g/mol. The maximum atomic E-state index is 11.6. The van der Waals surface area contributed by atoms with E-state index < -0.39 is 5.91 Å². The van der Waals surface area contributed by atoms with Gasteiger partial charge in [-0.25, -0.2) is 10.1 Å². The lowest BCUT2D eigenvalue weighted by Crippen LogP contribution is -2.19. The standard InChI is InChI=1S/C10H7Cl2N5O2/c11-6-2-1-3-7(12)5(6)4-14-15-10(18)8-9(13)17-19-16-8/h1-4H,(H2,13,17)(H,15,18). The first-order chi connectivity index (χ1) is 9.09. The van der Waals surface area contributed by atoms with E-state index in [1.807, 2.05) is 0 Å². The van der Waals surface area contributed by atoms with E-state index in [-0.39, 0.29) is 11.5 Å². The summed E-state index contributed by atoms with van der Waals surface area (Å²) in [5, 5.41) is 11.1. The van der Waals surface area contributed by atoms with E-state index >= 15 is 0 Å². The Kier molecular flexibility index (Phi) is 3.98. The van der Waals surface area contributed by atoms with Gasteiger partial charge in [0.15, 0.2) is 0 Å². The molecule has 0 aliphatic heterocycles. The molecule has 0 aliphatic rings. The molecule has 0 bridgehead atoms. The van der Waals surface area contributed by atoms with Crippen LogP contribution in [0.2, 0.25) is 10.0 Å². The molecule has 1 aromatic carbocycles. The van der Waals surface area contributed by atoms with Gasteiger partial charge in [0.05, 0.1) is 16.3 Å². The molecule has 0 fully saturated rings. The lowest BCUT2D eigenvalue weighted by Gasteiger charge is -2.00. The summed E-state index contributed by atoms with van der Waals surface area (Å²) in [6.45, 7) is 0. The van der Waals surface area contributed by atoms with Crippen LogP contribution < -0.4 is 11.2 Å². The van der Waals surface area contributed by atoms with Crippen LogP contribution in [-0.2, 0) is 0 Å². The third-order valence-electron chi connectivity index (χ3n) is 2.09. The van der Waals surface area contributed by atoms with Crippen LogP contribution in [0.25, 0.3) is 0 Å². The predicted molar refractivity (Wildman–Crippen MR) is 70.2 cm³/mol. The molecule has 1 amide bonds. The maximum Gasteiger partial charge on any atom is 0.297 e. The lowest BCUT2D eigenvalue weighted by molar-refractivity contribution is 0.0946. The van der Waals surface area contributed by atoms with Crippen molar-refractivity contribution in [2.75, 3.05) is 5.73 Å². The van der Waals surface area contributed by atoms with Crippen LogP contribution in [0, 0.1) is 0 Å². The van der Waals surface area contributed by atoms with Gasteiger partial charge in [-0.15, -0.1) is 0 Å². The van der Waals surface area contributed by atoms with Crippen molar-refractivity contribution in [1.82, 2.24) is 15.7 Å². The number of aromatic nitrogens is 2. The van der Waals surface area contributed by atoms with Crippen LogP contribution in [0.5, 0.6) is 0 Å². The van der Waals surface area contributed by atoms with Crippen molar-refractivity contribution in [3.63, 3.8) is 0 Å². The van der Waals surface area contributed by atoms with Gasteiger partial charge in [0.25, 0.3) is 5.91 Å². The first-order valence-corrected chi connectivity index (χ1v) is 5.70. The van der Waals surface area contributed by atoms with Gasteiger partial charge in [0, 0.05) is 5.56 Å². The van der Waals surface area contributed by atoms with Crippen LogP contribution in [-0.4, -0.2) is 22.4 Å². The van der Waals surface area contributed by atoms with E-state index in [9.17, 15) is 4.79 Å².